The summed E-state index contributed by atoms with van der Waals surface area (Å²) in [4.78, 5) is 73.6. The van der Waals surface area contributed by atoms with Gasteiger partial charge in [0, 0.05) is 48.6 Å². The highest BCUT2D eigenvalue weighted by molar-refractivity contribution is 6.10. The zero-order chi connectivity index (χ0) is 82.6. The third-order valence-electron chi connectivity index (χ3n) is 24.6. The standard InChI is InChI=1S/C33H35N7O2.C33H36N6O.C31H32N6O/c1-3-4-7-29-35-33(18-5-6-19-33)32(42)40(29)21-22-8-10-24(11-9-22)28-20-26(16-17-27(28)30-36-38-39-37-30)23-12-14-25(15-13-23)31(41)34-2;1-3-5-8-30-34-33(19-6-7-20-33)32(40)39(30)22-24-11-15-26(16-12-24)29-21-27(25-13-9-23(4-2)10-14-25)17-18-28(29)31-35-37-38-36-31;1-2-3-11-28-32-31(18-7-8-19-31)30(38)37(28)21-22-12-14-24(15-13-22)27-20-25(23-9-5-4-6-10-23)16-17-26(27)29-33-35-36-34-29/h8-17,20H,3-7,18-19,21H2,1-2H3,(H,34,41)(H,36,37,38,39);9-18,21H,3-8,19-20,22H2,1-2H3,(H,35,36,37,38);4-6,9-10,12-17,20H,2-3,7-8,11,18-19,21H2,1H3,(H,33,34,35,36). The second-order valence-electron chi connectivity index (χ2n) is 32.4. The van der Waals surface area contributed by atoms with Crippen molar-refractivity contribution in [2.45, 2.75) is 205 Å². The highest BCUT2D eigenvalue weighted by Crippen LogP contribution is 2.45. The number of aromatic nitrogens is 12. The number of aryl methyl sites for hydroxylation is 1. The molecule has 3 aliphatic heterocycles. The number of aromatic amines is 3. The predicted octanol–water partition coefficient (Wildman–Crippen LogP) is 19.3. The minimum Gasteiger partial charge on any atom is -0.355 e. The first-order valence-corrected chi connectivity index (χ1v) is 42.9. The second kappa shape index (κ2) is 36.5. The number of tetrazole rings is 3. The molecule has 610 valence electrons. The fourth-order valence-corrected chi connectivity index (χ4v) is 17.8. The summed E-state index contributed by atoms with van der Waals surface area (Å²) < 4.78 is 0. The minimum atomic E-state index is -0.526. The topological polar surface area (TPSA) is 290 Å². The lowest BCUT2D eigenvalue weighted by molar-refractivity contribution is -0.132. The number of nitrogens with zero attached hydrogens (tertiary/aromatic N) is 15. The molecule has 3 aromatic heterocycles. The van der Waals surface area contributed by atoms with Crippen molar-refractivity contribution in [2.75, 3.05) is 7.05 Å². The van der Waals surface area contributed by atoms with Crippen LogP contribution in [0.4, 0.5) is 0 Å². The number of nitrogens with one attached hydrogen (secondary N) is 4. The smallest absolute Gasteiger partial charge is 0.256 e. The maximum Gasteiger partial charge on any atom is 0.256 e. The number of hydrogen-bond donors (Lipinski definition) is 4. The molecule has 0 radical (unpaired) electrons. The van der Waals surface area contributed by atoms with Crippen molar-refractivity contribution in [1.29, 1.82) is 0 Å². The van der Waals surface area contributed by atoms with Gasteiger partial charge in [-0.15, -0.1) is 30.6 Å². The summed E-state index contributed by atoms with van der Waals surface area (Å²) >= 11 is 0. The zero-order valence-corrected chi connectivity index (χ0v) is 69.1. The quantitative estimate of drug-likeness (QED) is 0.0393. The summed E-state index contributed by atoms with van der Waals surface area (Å²) in [6.07, 6.45) is 21.7. The number of unbranched alkanes of at least 4 members (excludes halogenated alkanes) is 3. The summed E-state index contributed by atoms with van der Waals surface area (Å²) in [5.74, 6) is 4.97. The van der Waals surface area contributed by atoms with Crippen LogP contribution in [0.25, 0.3) is 101 Å². The average Bonchev–Trinajstić information content (AvgIpc) is 1.61. The van der Waals surface area contributed by atoms with E-state index in [-0.39, 0.29) is 23.6 Å². The molecule has 4 amide bonds. The molecule has 9 aromatic carbocycles. The van der Waals surface area contributed by atoms with Crippen molar-refractivity contribution >= 4 is 41.1 Å². The summed E-state index contributed by atoms with van der Waals surface area (Å²) in [5, 5.41) is 47.1. The normalized spacial score (nSPS) is 16.1. The SMILES string of the molecule is CCCCC1=NC2(CCCC2)C(=O)N1Cc1ccc(-c2cc(-c3ccc(C(=O)NC)cc3)ccc2-c2nn[nH]n2)cc1.CCCCC1=NC2(CCCC2)C(=O)N1Cc1ccc(-c2cc(-c3ccc(CC)cc3)ccc2-c2nn[nH]n2)cc1.CCCCC1=NC2(CCCC2)C(=O)N1Cc1ccc(-c2cc(-c3ccccc3)ccc2-c2nn[nH]n2)cc1. The van der Waals surface area contributed by atoms with E-state index in [0.29, 0.717) is 42.7 Å². The molecular formula is C97H103N19O4. The van der Waals surface area contributed by atoms with E-state index in [2.05, 4.69) is 247 Å². The molecule has 6 aliphatic rings. The van der Waals surface area contributed by atoms with Crippen LogP contribution in [0.1, 0.15) is 195 Å². The fraction of sp³-hybridized carbons (Fsp3) is 0.340. The molecule has 3 saturated carbocycles. The van der Waals surface area contributed by atoms with Gasteiger partial charge in [-0.3, -0.25) is 48.9 Å². The first kappa shape index (κ1) is 80.9. The van der Waals surface area contributed by atoms with Gasteiger partial charge in [0.25, 0.3) is 23.6 Å². The van der Waals surface area contributed by atoms with Crippen LogP contribution in [0, 0.1) is 0 Å². The number of hydrogen-bond acceptors (Lipinski definition) is 16. The summed E-state index contributed by atoms with van der Waals surface area (Å²) in [6, 6.07) is 70.8. The Hall–Kier alpha value is -12.9. The molecule has 12 aromatic rings. The molecule has 6 heterocycles. The Balaban J connectivity index is 0.000000134. The number of H-pyrrole nitrogens is 3. The van der Waals surface area contributed by atoms with Crippen molar-refractivity contribution in [3.05, 3.63) is 234 Å². The van der Waals surface area contributed by atoms with Crippen molar-refractivity contribution < 1.29 is 19.2 Å². The molecule has 23 nitrogen and oxygen atoms in total. The zero-order valence-electron chi connectivity index (χ0n) is 69.1. The molecule has 23 heteroatoms. The number of aliphatic imine (C=N–C) groups is 3. The predicted molar refractivity (Wildman–Crippen MR) is 470 cm³/mol. The van der Waals surface area contributed by atoms with Gasteiger partial charge >= 0.3 is 0 Å². The van der Waals surface area contributed by atoms with Gasteiger partial charge < -0.3 is 5.32 Å². The second-order valence-corrected chi connectivity index (χ2v) is 32.4. The van der Waals surface area contributed by atoms with Crippen LogP contribution in [-0.2, 0) is 40.4 Å². The molecule has 18 rings (SSSR count). The first-order valence-electron chi connectivity index (χ1n) is 42.9. The monoisotopic (exact) mass is 1600 g/mol. The first-order chi connectivity index (χ1) is 58.8. The van der Waals surface area contributed by atoms with Gasteiger partial charge in [0.15, 0.2) is 0 Å². The molecule has 3 aliphatic carbocycles. The molecular weight excluding hydrogens is 1500 g/mol. The third-order valence-corrected chi connectivity index (χ3v) is 24.6. The Labute approximate surface area is 700 Å². The highest BCUT2D eigenvalue weighted by atomic mass is 16.2. The number of benzene rings is 9. The Morgan fingerprint density at radius 3 is 0.933 bits per heavy atom. The Kier molecular flexibility index (Phi) is 24.6. The van der Waals surface area contributed by atoms with E-state index in [0.717, 1.165) is 253 Å². The molecule has 3 fully saturated rings. The average molecular weight is 1600 g/mol. The van der Waals surface area contributed by atoms with Crippen LogP contribution in [0.3, 0.4) is 0 Å². The van der Waals surface area contributed by atoms with E-state index in [1.54, 1.807) is 7.05 Å². The lowest BCUT2D eigenvalue weighted by Crippen LogP contribution is -2.40. The molecule has 0 bridgehead atoms. The Morgan fingerprint density at radius 2 is 0.642 bits per heavy atom. The lowest BCUT2D eigenvalue weighted by Gasteiger charge is -2.23. The van der Waals surface area contributed by atoms with Crippen LogP contribution in [0.5, 0.6) is 0 Å². The van der Waals surface area contributed by atoms with Crippen LogP contribution in [0.2, 0.25) is 0 Å². The Bertz CT molecular complexity index is 5650. The number of carbonyl (C=O) groups is 4. The molecule has 0 atom stereocenters. The van der Waals surface area contributed by atoms with E-state index >= 15 is 0 Å². The van der Waals surface area contributed by atoms with E-state index in [1.807, 2.05) is 69.3 Å². The van der Waals surface area contributed by atoms with Gasteiger partial charge in [0.1, 0.15) is 34.1 Å². The van der Waals surface area contributed by atoms with E-state index in [4.69, 9.17) is 15.0 Å². The summed E-state index contributed by atoms with van der Waals surface area (Å²) in [6.45, 7) is 10.4. The minimum absolute atomic E-state index is 0.118. The van der Waals surface area contributed by atoms with Crippen molar-refractivity contribution in [1.82, 2.24) is 81.9 Å². The molecule has 4 N–H and O–H groups in total. The lowest BCUT2D eigenvalue weighted by atomic mass is 9.93. The molecule has 3 spiro atoms. The number of amidine groups is 3. The maximum absolute atomic E-state index is 13.6. The van der Waals surface area contributed by atoms with E-state index < -0.39 is 16.6 Å². The number of carbonyl (C=O) groups excluding carboxylic acids is 4. The van der Waals surface area contributed by atoms with E-state index in [9.17, 15) is 19.2 Å². The van der Waals surface area contributed by atoms with Crippen LogP contribution >= 0.6 is 0 Å². The van der Waals surface area contributed by atoms with Crippen LogP contribution in [-0.4, -0.2) is 141 Å². The van der Waals surface area contributed by atoms with E-state index in [1.165, 1.54) is 11.1 Å². The van der Waals surface area contributed by atoms with Gasteiger partial charge in [-0.1, -0.05) is 243 Å². The summed E-state index contributed by atoms with van der Waals surface area (Å²) in [5.41, 5.74) is 19.1. The number of rotatable bonds is 26. The largest absolute Gasteiger partial charge is 0.355 e. The van der Waals surface area contributed by atoms with Gasteiger partial charge in [-0.25, -0.2) is 0 Å². The van der Waals surface area contributed by atoms with Gasteiger partial charge in [0.05, 0.1) is 19.6 Å². The Morgan fingerprint density at radius 1 is 0.350 bits per heavy atom. The molecule has 120 heavy (non-hydrogen) atoms. The van der Waals surface area contributed by atoms with Crippen molar-refractivity contribution in [3.8, 4) is 101 Å². The fourth-order valence-electron chi connectivity index (χ4n) is 17.8. The van der Waals surface area contributed by atoms with Crippen LogP contribution < -0.4 is 5.32 Å². The molecule has 0 unspecified atom stereocenters. The van der Waals surface area contributed by atoms with Crippen molar-refractivity contribution in [3.63, 3.8) is 0 Å². The number of amides is 4. The van der Waals surface area contributed by atoms with Gasteiger partial charge in [-0.05, 0) is 217 Å². The van der Waals surface area contributed by atoms with Crippen LogP contribution in [0.15, 0.2) is 221 Å². The third kappa shape index (κ3) is 17.2. The van der Waals surface area contributed by atoms with Gasteiger partial charge in [0.2, 0.25) is 17.5 Å². The highest BCUT2D eigenvalue weighted by Gasteiger charge is 2.52. The van der Waals surface area contributed by atoms with Crippen molar-refractivity contribution in [2.24, 2.45) is 15.0 Å². The summed E-state index contributed by atoms with van der Waals surface area (Å²) in [7, 11) is 1.62. The maximum atomic E-state index is 13.6. The molecule has 0 saturated heterocycles. The van der Waals surface area contributed by atoms with Gasteiger partial charge in [-0.2, -0.15) is 15.6 Å².